The molecule has 0 heterocycles. The largest absolute Gasteiger partial charge is 0.743 e. The average Bonchev–Trinajstić information content (AvgIpc) is 2.50. The van der Waals surface area contributed by atoms with Crippen molar-refractivity contribution in [3.8, 4) is 0 Å². The Kier molecular flexibility index (Phi) is 5.04. The molecule has 0 aromatic heterocycles. The number of rotatable bonds is 5. The average molecular weight is 419 g/mol. The Labute approximate surface area is 144 Å². The van der Waals surface area contributed by atoms with Gasteiger partial charge in [0, 0.05) is 5.39 Å². The van der Waals surface area contributed by atoms with E-state index in [2.05, 4.69) is 4.18 Å². The summed E-state index contributed by atoms with van der Waals surface area (Å²) in [6, 6.07) is 8.68. The summed E-state index contributed by atoms with van der Waals surface area (Å²) in [5, 5.41) is -5.98. The summed E-state index contributed by atoms with van der Waals surface area (Å²) >= 11 is 0. The first-order valence-electron chi connectivity index (χ1n) is 6.49. The smallest absolute Gasteiger partial charge is 0.423 e. The van der Waals surface area contributed by atoms with Crippen molar-refractivity contribution >= 4 is 31.0 Å². The molecule has 0 aliphatic rings. The Morgan fingerprint density at radius 3 is 1.96 bits per heavy atom. The second-order valence-electron chi connectivity index (χ2n) is 4.97. The van der Waals surface area contributed by atoms with E-state index in [1.54, 1.807) is 0 Å². The van der Waals surface area contributed by atoms with Crippen molar-refractivity contribution in [1.29, 1.82) is 0 Å². The summed E-state index contributed by atoms with van der Waals surface area (Å²) in [7, 11) is -12.4. The Morgan fingerprint density at radius 2 is 1.42 bits per heavy atom. The molecule has 2 rings (SSSR count). The van der Waals surface area contributed by atoms with Crippen LogP contribution in [0, 0.1) is 0 Å². The van der Waals surface area contributed by atoms with Crippen LogP contribution < -0.4 is 0 Å². The summed E-state index contributed by atoms with van der Waals surface area (Å²) in [6.07, 6.45) is -10.9. The summed E-state index contributed by atoms with van der Waals surface area (Å²) in [5.41, 5.74) is 0. The zero-order valence-electron chi connectivity index (χ0n) is 12.3. The number of benzene rings is 2. The number of fused-ring (bicyclic) bond motifs is 1. The molecule has 2 aromatic rings. The standard InChI is InChI=1S/C13H9F5O6S2/c14-12(15,16)11(13(17,18)26(21,22)23)24-25(19,20)10-7-3-5-8-4-1-2-6-9(8)10/h1-7,11H,(H,21,22,23)/p-1. The Bertz CT molecular complexity index is 1030. The lowest BCUT2D eigenvalue weighted by atomic mass is 10.1. The molecule has 1 unspecified atom stereocenters. The molecule has 0 spiro atoms. The summed E-state index contributed by atoms with van der Waals surface area (Å²) in [4.78, 5) is -0.899. The zero-order chi connectivity index (χ0) is 20.0. The highest BCUT2D eigenvalue weighted by Crippen LogP contribution is 2.40. The molecule has 26 heavy (non-hydrogen) atoms. The van der Waals surface area contributed by atoms with E-state index in [1.165, 1.54) is 30.3 Å². The highest BCUT2D eigenvalue weighted by molar-refractivity contribution is 7.87. The number of alkyl halides is 5. The molecule has 0 amide bonds. The third kappa shape index (κ3) is 3.79. The van der Waals surface area contributed by atoms with E-state index in [9.17, 15) is 43.3 Å². The van der Waals surface area contributed by atoms with Gasteiger partial charge in [-0.05, 0) is 11.5 Å². The molecule has 0 saturated heterocycles. The maximum atomic E-state index is 13.4. The second-order valence-corrected chi connectivity index (χ2v) is 7.96. The zero-order valence-corrected chi connectivity index (χ0v) is 13.9. The van der Waals surface area contributed by atoms with E-state index < -0.39 is 42.7 Å². The van der Waals surface area contributed by atoms with Gasteiger partial charge in [0.2, 0.25) is 6.10 Å². The fourth-order valence-corrected chi connectivity index (χ4v) is 3.82. The molecule has 2 aromatic carbocycles. The fraction of sp³-hybridized carbons (Fsp3) is 0.231. The van der Waals surface area contributed by atoms with Crippen LogP contribution in [0.4, 0.5) is 22.0 Å². The van der Waals surface area contributed by atoms with Gasteiger partial charge in [-0.2, -0.15) is 30.4 Å². The quantitative estimate of drug-likeness (QED) is 0.420. The number of hydrogen-bond acceptors (Lipinski definition) is 6. The van der Waals surface area contributed by atoms with Crippen molar-refractivity contribution in [3.05, 3.63) is 42.5 Å². The molecule has 144 valence electrons. The first-order chi connectivity index (χ1) is 11.7. The van der Waals surface area contributed by atoms with Crippen LogP contribution in [-0.2, 0) is 24.4 Å². The third-order valence-electron chi connectivity index (χ3n) is 3.18. The van der Waals surface area contributed by atoms with Gasteiger partial charge in [0.25, 0.3) is 10.1 Å². The molecule has 0 aliphatic heterocycles. The van der Waals surface area contributed by atoms with E-state index in [1.807, 2.05) is 0 Å². The van der Waals surface area contributed by atoms with Crippen LogP contribution in [0.25, 0.3) is 10.8 Å². The Morgan fingerprint density at radius 1 is 0.885 bits per heavy atom. The molecule has 1 atom stereocenters. The summed E-state index contributed by atoms with van der Waals surface area (Å²) in [5.74, 6) is 0. The van der Waals surface area contributed by atoms with Crippen LogP contribution in [0.3, 0.4) is 0 Å². The van der Waals surface area contributed by atoms with Crippen molar-refractivity contribution in [1.82, 2.24) is 0 Å². The molecule has 0 N–H and O–H groups in total. The van der Waals surface area contributed by atoms with Crippen molar-refractivity contribution in [3.63, 3.8) is 0 Å². The van der Waals surface area contributed by atoms with Crippen LogP contribution in [0.2, 0.25) is 0 Å². The number of halogens is 5. The van der Waals surface area contributed by atoms with Crippen molar-refractivity contribution in [2.24, 2.45) is 0 Å². The van der Waals surface area contributed by atoms with Gasteiger partial charge in [0.05, 0.1) is 0 Å². The topological polar surface area (TPSA) is 101 Å². The molecule has 0 aliphatic carbocycles. The van der Waals surface area contributed by atoms with Gasteiger partial charge in [-0.3, -0.25) is 0 Å². The predicted molar refractivity (Wildman–Crippen MR) is 76.7 cm³/mol. The molecule has 0 radical (unpaired) electrons. The third-order valence-corrected chi connectivity index (χ3v) is 5.40. The van der Waals surface area contributed by atoms with E-state index in [0.29, 0.717) is 0 Å². The van der Waals surface area contributed by atoms with Crippen molar-refractivity contribution in [2.75, 3.05) is 0 Å². The summed E-state index contributed by atoms with van der Waals surface area (Å²) in [6.45, 7) is 0. The lowest BCUT2D eigenvalue weighted by Crippen LogP contribution is -2.52. The molecule has 0 bridgehead atoms. The SMILES string of the molecule is O=S(=O)(OC(C(F)(F)F)C(F)(F)S(=O)(=O)[O-])c1cccc2ccccc12. The molecular formula is C13H8F5O6S2-. The van der Waals surface area contributed by atoms with E-state index in [0.717, 1.165) is 12.1 Å². The van der Waals surface area contributed by atoms with Crippen LogP contribution in [0.5, 0.6) is 0 Å². The molecule has 0 fully saturated rings. The van der Waals surface area contributed by atoms with Crippen LogP contribution in [-0.4, -0.2) is 38.9 Å². The minimum Gasteiger partial charge on any atom is -0.743 e. The van der Waals surface area contributed by atoms with Gasteiger partial charge in [0.1, 0.15) is 4.90 Å². The van der Waals surface area contributed by atoms with Gasteiger partial charge in [-0.25, -0.2) is 12.6 Å². The van der Waals surface area contributed by atoms with Crippen LogP contribution >= 0.6 is 0 Å². The van der Waals surface area contributed by atoms with Gasteiger partial charge < -0.3 is 4.55 Å². The first-order valence-corrected chi connectivity index (χ1v) is 9.30. The van der Waals surface area contributed by atoms with E-state index in [4.69, 9.17) is 0 Å². The minimum atomic E-state index is -6.87. The predicted octanol–water partition coefficient (Wildman–Crippen LogP) is 2.61. The Balaban J connectivity index is 2.61. The van der Waals surface area contributed by atoms with E-state index >= 15 is 0 Å². The minimum absolute atomic E-state index is 0.149. The molecule has 0 saturated carbocycles. The van der Waals surface area contributed by atoms with Crippen molar-refractivity contribution in [2.45, 2.75) is 22.4 Å². The van der Waals surface area contributed by atoms with Crippen LogP contribution in [0.15, 0.2) is 47.4 Å². The van der Waals surface area contributed by atoms with E-state index in [-0.39, 0.29) is 10.8 Å². The lowest BCUT2D eigenvalue weighted by molar-refractivity contribution is -0.238. The van der Waals surface area contributed by atoms with Gasteiger partial charge in [-0.1, -0.05) is 36.4 Å². The van der Waals surface area contributed by atoms with Gasteiger partial charge >= 0.3 is 11.4 Å². The monoisotopic (exact) mass is 419 g/mol. The number of hydrogen-bond donors (Lipinski definition) is 0. The highest BCUT2D eigenvalue weighted by atomic mass is 32.2. The highest BCUT2D eigenvalue weighted by Gasteiger charge is 2.63. The maximum absolute atomic E-state index is 13.4. The van der Waals surface area contributed by atoms with Gasteiger partial charge in [-0.15, -0.1) is 0 Å². The van der Waals surface area contributed by atoms with Crippen molar-refractivity contribution < 1.29 is 47.5 Å². The summed E-state index contributed by atoms with van der Waals surface area (Å²) < 4.78 is 125. The molecule has 13 heteroatoms. The second kappa shape index (κ2) is 6.40. The fourth-order valence-electron chi connectivity index (χ4n) is 2.02. The molecular weight excluding hydrogens is 411 g/mol. The van der Waals surface area contributed by atoms with Gasteiger partial charge in [0.15, 0.2) is 10.1 Å². The first kappa shape index (κ1) is 20.5. The lowest BCUT2D eigenvalue weighted by Gasteiger charge is -2.29. The van der Waals surface area contributed by atoms with Crippen LogP contribution in [0.1, 0.15) is 0 Å². The maximum Gasteiger partial charge on any atom is 0.423 e. The molecule has 6 nitrogen and oxygen atoms in total. The normalized spacial score (nSPS) is 15.2. The Hall–Kier alpha value is -1.83.